The molecule has 1 rings (SSSR count). The first kappa shape index (κ1) is 12.0. The van der Waals surface area contributed by atoms with Crippen molar-refractivity contribution in [3.05, 3.63) is 0 Å². The van der Waals surface area contributed by atoms with Gasteiger partial charge in [0.1, 0.15) is 0 Å². The summed E-state index contributed by atoms with van der Waals surface area (Å²) in [5.41, 5.74) is 0. The third-order valence-electron chi connectivity index (χ3n) is 2.98. The Morgan fingerprint density at radius 3 is 2.40 bits per heavy atom. The van der Waals surface area contributed by atoms with E-state index in [2.05, 4.69) is 12.2 Å². The molecule has 1 saturated heterocycles. The van der Waals surface area contributed by atoms with Crippen molar-refractivity contribution >= 4 is 11.8 Å². The molecule has 86 valence electrons. The van der Waals surface area contributed by atoms with Crippen LogP contribution < -0.4 is 5.32 Å². The minimum Gasteiger partial charge on any atom is -0.359 e. The standard InChI is InChI=1S/C11H20N2O2/c1-9-5-7-13(8-6-9)11(15)4-3-10(14)12-2/h9H,3-8H2,1-2H3,(H,12,14). The summed E-state index contributed by atoms with van der Waals surface area (Å²) in [5.74, 6) is 0.784. The topological polar surface area (TPSA) is 49.4 Å². The lowest BCUT2D eigenvalue weighted by Gasteiger charge is -2.30. The van der Waals surface area contributed by atoms with Gasteiger partial charge < -0.3 is 10.2 Å². The van der Waals surface area contributed by atoms with Crippen LogP contribution in [0.25, 0.3) is 0 Å². The van der Waals surface area contributed by atoms with E-state index in [0.717, 1.165) is 31.8 Å². The second kappa shape index (κ2) is 5.73. The van der Waals surface area contributed by atoms with Gasteiger partial charge in [-0.15, -0.1) is 0 Å². The molecular formula is C11H20N2O2. The van der Waals surface area contributed by atoms with Crippen LogP contribution in [-0.4, -0.2) is 36.9 Å². The highest BCUT2D eigenvalue weighted by molar-refractivity contribution is 5.83. The molecule has 0 bridgehead atoms. The highest BCUT2D eigenvalue weighted by Gasteiger charge is 2.20. The molecule has 0 unspecified atom stereocenters. The molecule has 0 aromatic rings. The molecule has 1 fully saturated rings. The van der Waals surface area contributed by atoms with Crippen LogP contribution in [0.5, 0.6) is 0 Å². The summed E-state index contributed by atoms with van der Waals surface area (Å²) < 4.78 is 0. The number of piperidine rings is 1. The Bertz CT molecular complexity index is 233. The highest BCUT2D eigenvalue weighted by Crippen LogP contribution is 2.16. The van der Waals surface area contributed by atoms with E-state index >= 15 is 0 Å². The van der Waals surface area contributed by atoms with Crippen LogP contribution in [0, 0.1) is 5.92 Å². The first-order valence-corrected chi connectivity index (χ1v) is 5.62. The quantitative estimate of drug-likeness (QED) is 0.751. The smallest absolute Gasteiger partial charge is 0.223 e. The number of carbonyl (C=O) groups is 2. The van der Waals surface area contributed by atoms with Crippen molar-refractivity contribution in [3.63, 3.8) is 0 Å². The number of hydrogen-bond acceptors (Lipinski definition) is 2. The summed E-state index contributed by atoms with van der Waals surface area (Å²) in [6, 6.07) is 0. The van der Waals surface area contributed by atoms with Gasteiger partial charge in [0.15, 0.2) is 0 Å². The molecule has 1 aliphatic rings. The first-order valence-electron chi connectivity index (χ1n) is 5.62. The Labute approximate surface area is 91.0 Å². The van der Waals surface area contributed by atoms with Gasteiger partial charge in [0.25, 0.3) is 0 Å². The minimum absolute atomic E-state index is 0.0614. The fourth-order valence-electron chi connectivity index (χ4n) is 1.76. The van der Waals surface area contributed by atoms with Crippen LogP contribution >= 0.6 is 0 Å². The van der Waals surface area contributed by atoms with Crippen LogP contribution in [0.2, 0.25) is 0 Å². The summed E-state index contributed by atoms with van der Waals surface area (Å²) in [6.45, 7) is 3.92. The van der Waals surface area contributed by atoms with E-state index in [9.17, 15) is 9.59 Å². The Morgan fingerprint density at radius 1 is 1.27 bits per heavy atom. The second-order valence-electron chi connectivity index (χ2n) is 4.24. The Morgan fingerprint density at radius 2 is 1.87 bits per heavy atom. The highest BCUT2D eigenvalue weighted by atomic mass is 16.2. The lowest BCUT2D eigenvalue weighted by molar-refractivity contribution is -0.134. The van der Waals surface area contributed by atoms with Gasteiger partial charge in [-0.05, 0) is 18.8 Å². The number of amides is 2. The maximum Gasteiger partial charge on any atom is 0.223 e. The number of rotatable bonds is 3. The van der Waals surface area contributed by atoms with Crippen molar-refractivity contribution in [1.82, 2.24) is 10.2 Å². The fraction of sp³-hybridized carbons (Fsp3) is 0.818. The van der Waals surface area contributed by atoms with E-state index in [0.29, 0.717) is 12.8 Å². The van der Waals surface area contributed by atoms with E-state index in [-0.39, 0.29) is 11.8 Å². The first-order chi connectivity index (χ1) is 7.13. The lowest BCUT2D eigenvalue weighted by Crippen LogP contribution is -2.38. The Kier molecular flexibility index (Phi) is 4.59. The van der Waals surface area contributed by atoms with Crippen molar-refractivity contribution in [1.29, 1.82) is 0 Å². The summed E-state index contributed by atoms with van der Waals surface area (Å²) in [7, 11) is 1.59. The van der Waals surface area contributed by atoms with E-state index in [1.54, 1.807) is 7.05 Å². The maximum atomic E-state index is 11.7. The van der Waals surface area contributed by atoms with Crippen molar-refractivity contribution < 1.29 is 9.59 Å². The molecule has 1 N–H and O–H groups in total. The normalized spacial score (nSPS) is 17.6. The Balaban J connectivity index is 2.25. The van der Waals surface area contributed by atoms with Crippen LogP contribution in [0.1, 0.15) is 32.6 Å². The summed E-state index contributed by atoms with van der Waals surface area (Å²) in [5, 5.41) is 2.52. The monoisotopic (exact) mass is 212 g/mol. The molecular weight excluding hydrogens is 192 g/mol. The van der Waals surface area contributed by atoms with Crippen LogP contribution in [0.3, 0.4) is 0 Å². The lowest BCUT2D eigenvalue weighted by atomic mass is 9.99. The molecule has 0 spiro atoms. The molecule has 0 saturated carbocycles. The molecule has 15 heavy (non-hydrogen) atoms. The molecule has 2 amide bonds. The number of carbonyl (C=O) groups excluding carboxylic acids is 2. The van der Waals surface area contributed by atoms with Gasteiger partial charge >= 0.3 is 0 Å². The average molecular weight is 212 g/mol. The molecule has 0 aliphatic carbocycles. The fourth-order valence-corrected chi connectivity index (χ4v) is 1.76. The zero-order chi connectivity index (χ0) is 11.3. The van der Waals surface area contributed by atoms with Gasteiger partial charge in [-0.25, -0.2) is 0 Å². The van der Waals surface area contributed by atoms with E-state index < -0.39 is 0 Å². The van der Waals surface area contributed by atoms with Gasteiger partial charge in [-0.3, -0.25) is 9.59 Å². The zero-order valence-electron chi connectivity index (χ0n) is 9.58. The van der Waals surface area contributed by atoms with Crippen LogP contribution in [0.4, 0.5) is 0 Å². The van der Waals surface area contributed by atoms with Crippen molar-refractivity contribution in [3.8, 4) is 0 Å². The SMILES string of the molecule is CNC(=O)CCC(=O)N1CCC(C)CC1. The van der Waals surface area contributed by atoms with Gasteiger partial charge in [0.2, 0.25) is 11.8 Å². The molecule has 0 atom stereocenters. The summed E-state index contributed by atoms with van der Waals surface area (Å²) in [4.78, 5) is 24.5. The molecule has 4 nitrogen and oxygen atoms in total. The molecule has 1 heterocycles. The largest absolute Gasteiger partial charge is 0.359 e. The average Bonchev–Trinajstić information content (AvgIpc) is 2.26. The zero-order valence-corrected chi connectivity index (χ0v) is 9.58. The van der Waals surface area contributed by atoms with Crippen LogP contribution in [-0.2, 0) is 9.59 Å². The predicted molar refractivity (Wildman–Crippen MR) is 58.3 cm³/mol. The van der Waals surface area contributed by atoms with Gasteiger partial charge in [-0.2, -0.15) is 0 Å². The second-order valence-corrected chi connectivity index (χ2v) is 4.24. The minimum atomic E-state index is -0.0614. The third kappa shape index (κ3) is 3.90. The van der Waals surface area contributed by atoms with Crippen molar-refractivity contribution in [2.45, 2.75) is 32.6 Å². The number of likely N-dealkylation sites (tertiary alicyclic amines) is 1. The maximum absolute atomic E-state index is 11.7. The molecule has 1 aliphatic heterocycles. The summed E-state index contributed by atoms with van der Waals surface area (Å²) in [6.07, 6.45) is 2.83. The summed E-state index contributed by atoms with van der Waals surface area (Å²) >= 11 is 0. The predicted octanol–water partition coefficient (Wildman–Crippen LogP) is 0.771. The third-order valence-corrected chi connectivity index (χ3v) is 2.98. The van der Waals surface area contributed by atoms with Gasteiger partial charge in [-0.1, -0.05) is 6.92 Å². The van der Waals surface area contributed by atoms with Crippen LogP contribution in [0.15, 0.2) is 0 Å². The van der Waals surface area contributed by atoms with E-state index in [1.807, 2.05) is 4.90 Å². The van der Waals surface area contributed by atoms with Gasteiger partial charge in [0, 0.05) is 33.0 Å². The van der Waals surface area contributed by atoms with E-state index in [1.165, 1.54) is 0 Å². The van der Waals surface area contributed by atoms with Crippen molar-refractivity contribution in [2.24, 2.45) is 5.92 Å². The number of nitrogens with one attached hydrogen (secondary N) is 1. The van der Waals surface area contributed by atoms with Crippen molar-refractivity contribution in [2.75, 3.05) is 20.1 Å². The number of hydrogen-bond donors (Lipinski definition) is 1. The van der Waals surface area contributed by atoms with Gasteiger partial charge in [0.05, 0.1) is 0 Å². The molecule has 0 aromatic carbocycles. The molecule has 0 aromatic heterocycles. The Hall–Kier alpha value is -1.06. The van der Waals surface area contributed by atoms with E-state index in [4.69, 9.17) is 0 Å². The molecule has 4 heteroatoms. The number of nitrogens with zero attached hydrogens (tertiary/aromatic N) is 1. The molecule has 0 radical (unpaired) electrons.